The van der Waals surface area contributed by atoms with Crippen molar-refractivity contribution in [2.75, 3.05) is 13.2 Å². The van der Waals surface area contributed by atoms with Crippen LogP contribution in [-0.2, 0) is 93.2 Å². The summed E-state index contributed by atoms with van der Waals surface area (Å²) < 4.78 is 55.8. The van der Waals surface area contributed by atoms with Gasteiger partial charge in [0, 0.05) is 64.4 Å². The first-order valence-electron chi connectivity index (χ1n) is 31.8. The Labute approximate surface area is 564 Å². The first-order valence-corrected chi connectivity index (χ1v) is 31.8. The Kier molecular flexibility index (Phi) is 35.0. The van der Waals surface area contributed by atoms with Crippen LogP contribution in [0.1, 0.15) is 115 Å². The smallest absolute Gasteiger partial charge is 0.336 e. The quantitative estimate of drug-likeness (QED) is 0.0265. The number of amides is 6. The summed E-state index contributed by atoms with van der Waals surface area (Å²) in [6.45, 7) is 14.9. The minimum Gasteiger partial charge on any atom is -0.481 e. The second kappa shape index (κ2) is 42.6. The maximum Gasteiger partial charge on any atom is 0.336 e. The Morgan fingerprint density at radius 3 is 1.09 bits per heavy atom. The van der Waals surface area contributed by atoms with Crippen LogP contribution >= 0.6 is 0 Å². The van der Waals surface area contributed by atoms with E-state index in [0.29, 0.717) is 50.4 Å². The molecule has 0 bridgehead atoms. The number of hydrogen-bond acceptors (Lipinski definition) is 13. The van der Waals surface area contributed by atoms with Gasteiger partial charge in [0.2, 0.25) is 11.8 Å². The molecule has 3 saturated heterocycles. The maximum atomic E-state index is 12.8. The molecule has 4 atom stereocenters. The number of ether oxygens (including phenoxy) is 1. The molecule has 0 aromatic heterocycles. The van der Waals surface area contributed by atoms with Gasteiger partial charge in [-0.25, -0.2) is 22.4 Å². The van der Waals surface area contributed by atoms with E-state index < -0.39 is 53.4 Å². The third kappa shape index (κ3) is 31.6. The normalized spacial score (nSPS) is 14.0. The van der Waals surface area contributed by atoms with Crippen molar-refractivity contribution in [3.8, 4) is 0 Å². The van der Waals surface area contributed by atoms with E-state index in [1.807, 2.05) is 69.3 Å². The number of imide groups is 2. The molecule has 7 aromatic carbocycles. The van der Waals surface area contributed by atoms with Crippen molar-refractivity contribution in [1.82, 2.24) is 20.8 Å². The second-order valence-electron chi connectivity index (χ2n) is 23.5. The van der Waals surface area contributed by atoms with Gasteiger partial charge in [-0.15, -0.1) is 5.06 Å². The van der Waals surface area contributed by atoms with E-state index in [2.05, 4.69) is 41.8 Å². The van der Waals surface area contributed by atoms with Gasteiger partial charge in [-0.2, -0.15) is 5.06 Å². The molecule has 3 heterocycles. The van der Waals surface area contributed by atoms with Crippen molar-refractivity contribution >= 4 is 47.4 Å². The van der Waals surface area contributed by atoms with Crippen molar-refractivity contribution in [2.45, 2.75) is 131 Å². The van der Waals surface area contributed by atoms with Gasteiger partial charge in [0.25, 0.3) is 23.6 Å². The molecule has 7 aromatic rings. The number of carbonyl (C=O) groups excluding carboxylic acids is 7. The minimum absolute atomic E-state index is 0.0138. The number of hydroxylamine groups is 4. The molecule has 518 valence electrons. The van der Waals surface area contributed by atoms with Gasteiger partial charge in [0.05, 0.1) is 17.9 Å². The highest BCUT2D eigenvalue weighted by atomic mass is 19.1. The lowest BCUT2D eigenvalue weighted by molar-refractivity contribution is -0.200. The van der Waals surface area contributed by atoms with Gasteiger partial charge >= 0.3 is 11.9 Å². The zero-order valence-electron chi connectivity index (χ0n) is 55.6. The first-order chi connectivity index (χ1) is 46.2. The van der Waals surface area contributed by atoms with Crippen LogP contribution in [0.3, 0.4) is 0 Å². The monoisotopic (exact) mass is 1340 g/mol. The minimum atomic E-state index is -0.829. The predicted octanol–water partition coefficient (Wildman–Crippen LogP) is 11.4. The molecule has 10 rings (SSSR count). The van der Waals surface area contributed by atoms with Gasteiger partial charge in [0.15, 0.2) is 0 Å². The Balaban J connectivity index is 0.000000251. The van der Waals surface area contributed by atoms with E-state index in [1.54, 1.807) is 62.4 Å². The molecule has 22 heteroatoms. The number of rotatable bonds is 18. The summed E-state index contributed by atoms with van der Waals surface area (Å²) in [5, 5.41) is 23.5. The van der Waals surface area contributed by atoms with E-state index >= 15 is 0 Å². The third-order valence-electron chi connectivity index (χ3n) is 14.9. The number of carbonyl (C=O) groups is 8. The van der Waals surface area contributed by atoms with Crippen LogP contribution in [0.5, 0.6) is 0 Å². The first kappa shape index (κ1) is 79.7. The fourth-order valence-corrected chi connectivity index (χ4v) is 8.89. The summed E-state index contributed by atoms with van der Waals surface area (Å²) in [6.07, 6.45) is 4.77. The summed E-state index contributed by atoms with van der Waals surface area (Å²) in [7, 11) is 0. The Hall–Kier alpha value is -9.74. The molecule has 4 unspecified atom stereocenters. The lowest BCUT2D eigenvalue weighted by Gasteiger charge is -2.16. The summed E-state index contributed by atoms with van der Waals surface area (Å²) in [6, 6.07) is 47.6. The number of carboxylic acid groups (broad SMARTS) is 1. The summed E-state index contributed by atoms with van der Waals surface area (Å²) >= 11 is 0. The van der Waals surface area contributed by atoms with Crippen LogP contribution in [0.2, 0.25) is 0 Å². The molecular formula is C75H88F4N6O12. The average Bonchev–Trinajstić information content (AvgIpc) is 1.81. The van der Waals surface area contributed by atoms with E-state index in [0.717, 1.165) is 46.6 Å². The van der Waals surface area contributed by atoms with Crippen LogP contribution < -0.4 is 22.1 Å². The van der Waals surface area contributed by atoms with Crippen LogP contribution in [0.25, 0.3) is 0 Å². The standard InChI is InChI=1S/C18H20FNO.C17H19FN2O.C14H14FNO4.C10H11FO2.C8H11N.C4H5NO3.C4H8O/c1-13-3-5-16(6-4-13)12-20-18(21)14(2)11-15-7-9-17(19)10-8-15;1-12-2-4-14(5-3-12)11-20-17(21)16(19)10-13-6-8-15(18)9-7-13;1-9(8-10-2-4-11(15)5-3-10)14(19)20-16-12(17)6-7-13(16)18;1-7(10(12)13)6-8-2-4-9(11)5-3-8;1-7-2-4-8(6-9)5-3-7;6-3-1-2-4(7)5(3)8;1-2-4-5-3-1/h3-10,14H,11-12H2,1-2H3,(H,20,21);2-9,16H,10-11,19H2,1H3,(H,20,21);2-5,9H,6-8H2,1H3;2-5,7H,6H2,1H3,(H,12,13);2-5H,6,9H2,1H3;8H,1-2H2;1-4H2. The number of aliphatic carboxylic acids is 1. The SMILES string of the molecule is C1CCOC1.CC(Cc1ccc(F)cc1)C(=O)O.CC(Cc1ccc(F)cc1)C(=O)ON1C(=O)CCC1=O.Cc1ccc(CN)cc1.Cc1ccc(CNC(=O)C(C)Cc2ccc(F)cc2)cc1.Cc1ccc(CNC(=O)C(N)Cc2ccc(F)cc2)cc1.O=C1CCC(=O)N1O. The molecule has 6 amide bonds. The fraction of sp³-hybridized carbons (Fsp3) is 0.333. The lowest BCUT2D eigenvalue weighted by Crippen LogP contribution is -2.41. The van der Waals surface area contributed by atoms with Crippen molar-refractivity contribution in [1.29, 1.82) is 0 Å². The Morgan fingerprint density at radius 2 is 0.773 bits per heavy atom. The number of hydrogen-bond donors (Lipinski definition) is 6. The van der Waals surface area contributed by atoms with Crippen molar-refractivity contribution in [3.63, 3.8) is 0 Å². The number of benzene rings is 7. The molecule has 3 fully saturated rings. The van der Waals surface area contributed by atoms with Crippen molar-refractivity contribution in [2.24, 2.45) is 29.2 Å². The van der Waals surface area contributed by atoms with Crippen LogP contribution in [0.4, 0.5) is 17.6 Å². The molecule has 0 aliphatic carbocycles. The van der Waals surface area contributed by atoms with Gasteiger partial charge in [-0.1, -0.05) is 159 Å². The second-order valence-corrected chi connectivity index (χ2v) is 23.5. The molecule has 3 aliphatic heterocycles. The van der Waals surface area contributed by atoms with E-state index in [9.17, 15) is 55.9 Å². The predicted molar refractivity (Wildman–Crippen MR) is 359 cm³/mol. The highest BCUT2D eigenvalue weighted by molar-refractivity contribution is 6.02. The zero-order valence-corrected chi connectivity index (χ0v) is 55.6. The van der Waals surface area contributed by atoms with Crippen LogP contribution in [0.15, 0.2) is 170 Å². The maximum absolute atomic E-state index is 12.8. The van der Waals surface area contributed by atoms with Crippen molar-refractivity contribution < 1.29 is 75.8 Å². The summed E-state index contributed by atoms with van der Waals surface area (Å²) in [5.74, 6) is -6.00. The summed E-state index contributed by atoms with van der Waals surface area (Å²) in [4.78, 5) is 94.3. The number of nitrogens with one attached hydrogen (secondary N) is 2. The highest BCUT2D eigenvalue weighted by Crippen LogP contribution is 2.18. The molecule has 8 N–H and O–H groups in total. The molecule has 0 saturated carbocycles. The van der Waals surface area contributed by atoms with Crippen LogP contribution in [0, 0.1) is 61.8 Å². The number of halogens is 4. The molecule has 0 spiro atoms. The van der Waals surface area contributed by atoms with E-state index in [4.69, 9.17) is 31.4 Å². The van der Waals surface area contributed by atoms with Gasteiger partial charge < -0.3 is 36.8 Å². The Morgan fingerprint density at radius 1 is 0.464 bits per heavy atom. The molecule has 0 radical (unpaired) electrons. The van der Waals surface area contributed by atoms with E-state index in [1.165, 1.54) is 83.6 Å². The number of carboxylic acids is 1. The zero-order chi connectivity index (χ0) is 71.4. The third-order valence-corrected chi connectivity index (χ3v) is 14.9. The number of nitrogens with zero attached hydrogens (tertiary/aromatic N) is 2. The molecular weight excluding hydrogens is 1250 g/mol. The molecule has 97 heavy (non-hydrogen) atoms. The van der Waals surface area contributed by atoms with Crippen molar-refractivity contribution in [3.05, 3.63) is 249 Å². The topological polar surface area (TPSA) is 278 Å². The average molecular weight is 1340 g/mol. The number of nitrogens with two attached hydrogens (primary N) is 2. The van der Waals surface area contributed by atoms with E-state index in [-0.39, 0.29) is 71.7 Å². The van der Waals surface area contributed by atoms with Gasteiger partial charge in [-0.3, -0.25) is 38.8 Å². The molecule has 18 nitrogen and oxygen atoms in total. The molecule has 3 aliphatic rings. The Bertz CT molecular complexity index is 3430. The van der Waals surface area contributed by atoms with Gasteiger partial charge in [-0.05, 0) is 147 Å². The highest BCUT2D eigenvalue weighted by Gasteiger charge is 2.34. The summed E-state index contributed by atoms with van der Waals surface area (Å²) in [5.41, 5.74) is 21.7. The fourth-order valence-electron chi connectivity index (χ4n) is 8.89. The lowest BCUT2D eigenvalue weighted by atomic mass is 10.0. The largest absolute Gasteiger partial charge is 0.481 e. The van der Waals surface area contributed by atoms with Crippen LogP contribution in [-0.4, -0.2) is 87.1 Å². The number of aryl methyl sites for hydroxylation is 3. The van der Waals surface area contributed by atoms with Gasteiger partial charge in [0.1, 0.15) is 23.3 Å².